The number of aromatic nitrogens is 2. The van der Waals surface area contributed by atoms with E-state index in [0.29, 0.717) is 25.3 Å². The third-order valence-electron chi connectivity index (χ3n) is 4.08. The molecule has 4 aromatic rings. The van der Waals surface area contributed by atoms with Gasteiger partial charge in [0.05, 0.1) is 25.9 Å². The lowest BCUT2D eigenvalue weighted by molar-refractivity contribution is 0.102. The number of halogens is 1. The number of carbonyl (C=O) groups excluding carboxylic acids is 1. The minimum Gasteiger partial charge on any atom is -0.292 e. The lowest BCUT2D eigenvalue weighted by Gasteiger charge is -2.09. The Morgan fingerprint density at radius 3 is 2.62 bits per heavy atom. The monoisotopic (exact) mass is 400 g/mol. The van der Waals surface area contributed by atoms with Crippen LogP contribution < -0.4 is 5.56 Å². The topological polar surface area (TPSA) is 52.0 Å². The van der Waals surface area contributed by atoms with Crippen LogP contribution >= 0.6 is 34.7 Å². The van der Waals surface area contributed by atoms with Gasteiger partial charge in [-0.1, -0.05) is 47.6 Å². The molecule has 130 valence electrons. The molecule has 4 rings (SSSR count). The summed E-state index contributed by atoms with van der Waals surface area (Å²) in [6, 6.07) is 15.1. The zero-order valence-electron chi connectivity index (χ0n) is 13.7. The molecule has 0 spiro atoms. The van der Waals surface area contributed by atoms with Crippen LogP contribution in [-0.4, -0.2) is 21.1 Å². The fraction of sp³-hybridized carbons (Fsp3) is 0.105. The average molecular weight is 401 g/mol. The molecule has 4 nitrogen and oxygen atoms in total. The Morgan fingerprint density at radius 2 is 1.92 bits per heavy atom. The van der Waals surface area contributed by atoms with Crippen LogP contribution in [-0.2, 0) is 7.05 Å². The molecule has 0 aliphatic carbocycles. The highest BCUT2D eigenvalue weighted by atomic mass is 35.5. The lowest BCUT2D eigenvalue weighted by Crippen LogP contribution is -2.20. The Balaban J connectivity index is 1.71. The molecule has 0 saturated heterocycles. The molecule has 0 aliphatic rings. The predicted octanol–water partition coefficient (Wildman–Crippen LogP) is 4.78. The van der Waals surface area contributed by atoms with Crippen LogP contribution in [0.25, 0.3) is 21.7 Å². The second kappa shape index (κ2) is 6.87. The quantitative estimate of drug-likeness (QED) is 0.214. The number of carbonyl (C=O) groups is 1. The van der Waals surface area contributed by atoms with Crippen molar-refractivity contribution in [2.24, 2.45) is 7.05 Å². The van der Waals surface area contributed by atoms with Crippen LogP contribution in [0.15, 0.2) is 58.5 Å². The highest BCUT2D eigenvalue weighted by Gasteiger charge is 2.14. The van der Waals surface area contributed by atoms with E-state index in [-0.39, 0.29) is 17.1 Å². The average Bonchev–Trinajstić information content (AvgIpc) is 3.08. The maximum absolute atomic E-state index is 12.7. The Bertz CT molecular complexity index is 1210. The summed E-state index contributed by atoms with van der Waals surface area (Å²) in [4.78, 5) is 30.2. The zero-order chi connectivity index (χ0) is 18.3. The number of ketones is 1. The number of rotatable bonds is 4. The summed E-state index contributed by atoms with van der Waals surface area (Å²) in [6.07, 6.45) is 0. The molecule has 2 heterocycles. The van der Waals surface area contributed by atoms with E-state index < -0.39 is 0 Å². The smallest absolute Gasteiger partial charge is 0.261 e. The maximum atomic E-state index is 12.7. The molecule has 0 fully saturated rings. The number of thiophene rings is 1. The largest absolute Gasteiger partial charge is 0.292 e. The normalized spacial score (nSPS) is 11.3. The number of thioether (sulfide) groups is 1. The highest BCUT2D eigenvalue weighted by Crippen LogP contribution is 2.25. The Hall–Kier alpha value is -2.15. The van der Waals surface area contributed by atoms with Gasteiger partial charge >= 0.3 is 0 Å². The summed E-state index contributed by atoms with van der Waals surface area (Å²) in [5.41, 5.74) is 0.524. The summed E-state index contributed by atoms with van der Waals surface area (Å²) in [7, 11) is 1.68. The molecule has 26 heavy (non-hydrogen) atoms. The van der Waals surface area contributed by atoms with E-state index in [4.69, 9.17) is 11.6 Å². The van der Waals surface area contributed by atoms with Crippen molar-refractivity contribution in [2.45, 2.75) is 5.16 Å². The maximum Gasteiger partial charge on any atom is 0.261 e. The molecule has 0 unspecified atom stereocenters. The number of Topliss-reactive ketones (excluding diaryl/α,β-unsaturated/α-hetero) is 1. The van der Waals surface area contributed by atoms with Gasteiger partial charge in [-0.15, -0.1) is 11.3 Å². The minimum atomic E-state index is -0.116. The summed E-state index contributed by atoms with van der Waals surface area (Å²) in [5, 5.41) is 3.13. The molecule has 0 saturated carbocycles. The molecule has 2 aromatic heterocycles. The molecule has 0 atom stereocenters. The van der Waals surface area contributed by atoms with Gasteiger partial charge < -0.3 is 0 Å². The molecular weight excluding hydrogens is 388 g/mol. The number of nitrogens with zero attached hydrogens (tertiary/aromatic N) is 2. The summed E-state index contributed by atoms with van der Waals surface area (Å²) >= 11 is 8.40. The summed E-state index contributed by atoms with van der Waals surface area (Å²) in [6.45, 7) is 0. The second-order valence-electron chi connectivity index (χ2n) is 5.79. The molecule has 0 aliphatic heterocycles. The third-order valence-corrected chi connectivity index (χ3v) is 6.38. The van der Waals surface area contributed by atoms with Gasteiger partial charge in [0, 0.05) is 7.05 Å². The molecular formula is C19H13ClN2O2S2. The Morgan fingerprint density at radius 1 is 1.19 bits per heavy atom. The van der Waals surface area contributed by atoms with Gasteiger partial charge in [0.1, 0.15) is 0 Å². The van der Waals surface area contributed by atoms with E-state index >= 15 is 0 Å². The predicted molar refractivity (Wildman–Crippen MR) is 109 cm³/mol. The van der Waals surface area contributed by atoms with Crippen LogP contribution in [0.2, 0.25) is 4.34 Å². The molecule has 0 N–H and O–H groups in total. The number of fused-ring (bicyclic) bond motifs is 2. The SMILES string of the molecule is Cn1c(SCC(=O)c2ccc(Cl)s2)nc2cc3ccccc3cc2c1=O. The van der Waals surface area contributed by atoms with Crippen molar-refractivity contribution in [3.63, 3.8) is 0 Å². The summed E-state index contributed by atoms with van der Waals surface area (Å²) < 4.78 is 2.08. The van der Waals surface area contributed by atoms with Crippen molar-refractivity contribution in [3.05, 3.63) is 68.1 Å². The van der Waals surface area contributed by atoms with Gasteiger partial charge in [-0.3, -0.25) is 14.2 Å². The van der Waals surface area contributed by atoms with E-state index in [1.807, 2.05) is 36.4 Å². The van der Waals surface area contributed by atoms with E-state index in [0.717, 1.165) is 10.8 Å². The van der Waals surface area contributed by atoms with E-state index in [1.165, 1.54) is 27.7 Å². The van der Waals surface area contributed by atoms with Crippen molar-refractivity contribution < 1.29 is 4.79 Å². The van der Waals surface area contributed by atoms with Crippen LogP contribution in [0.3, 0.4) is 0 Å². The molecule has 2 aromatic carbocycles. The first kappa shape index (κ1) is 17.3. The molecule has 0 bridgehead atoms. The fourth-order valence-corrected chi connectivity index (χ4v) is 4.66. The van der Waals surface area contributed by atoms with Crippen molar-refractivity contribution in [1.82, 2.24) is 9.55 Å². The summed E-state index contributed by atoms with van der Waals surface area (Å²) in [5.74, 6) is 0.177. The number of hydrogen-bond donors (Lipinski definition) is 0. The first-order chi connectivity index (χ1) is 12.5. The fourth-order valence-electron chi connectivity index (χ4n) is 2.73. The molecule has 7 heteroatoms. The van der Waals surface area contributed by atoms with Crippen molar-refractivity contribution >= 4 is 62.2 Å². The second-order valence-corrected chi connectivity index (χ2v) is 8.45. The standard InChI is InChI=1S/C19H13ClN2O2S2/c1-22-18(24)13-8-11-4-2-3-5-12(11)9-14(13)21-19(22)25-10-15(23)16-6-7-17(20)26-16/h2-9H,10H2,1H3. The van der Waals surface area contributed by atoms with E-state index in [2.05, 4.69) is 4.98 Å². The van der Waals surface area contributed by atoms with Gasteiger partial charge in [0.25, 0.3) is 5.56 Å². The first-order valence-corrected chi connectivity index (χ1v) is 10.0. The van der Waals surface area contributed by atoms with Crippen LogP contribution in [0, 0.1) is 0 Å². The highest BCUT2D eigenvalue weighted by molar-refractivity contribution is 7.99. The first-order valence-electron chi connectivity index (χ1n) is 7.84. The van der Waals surface area contributed by atoms with Crippen molar-refractivity contribution in [2.75, 3.05) is 5.75 Å². The van der Waals surface area contributed by atoms with Gasteiger partial charge in [-0.25, -0.2) is 4.98 Å². The Kier molecular flexibility index (Phi) is 4.56. The minimum absolute atomic E-state index is 0.0280. The van der Waals surface area contributed by atoms with Gasteiger partial charge in [-0.2, -0.15) is 0 Å². The number of hydrogen-bond acceptors (Lipinski definition) is 5. The van der Waals surface area contributed by atoms with Gasteiger partial charge in [0.2, 0.25) is 0 Å². The lowest BCUT2D eigenvalue weighted by atomic mass is 10.1. The van der Waals surface area contributed by atoms with Crippen LogP contribution in [0.4, 0.5) is 0 Å². The zero-order valence-corrected chi connectivity index (χ0v) is 16.1. The van der Waals surface area contributed by atoms with Crippen molar-refractivity contribution in [3.8, 4) is 0 Å². The number of benzene rings is 2. The third kappa shape index (κ3) is 3.16. The van der Waals surface area contributed by atoms with Crippen molar-refractivity contribution in [1.29, 1.82) is 0 Å². The van der Waals surface area contributed by atoms with E-state index in [1.54, 1.807) is 19.2 Å². The van der Waals surface area contributed by atoms with Crippen LogP contribution in [0.5, 0.6) is 0 Å². The molecule has 0 amide bonds. The molecule has 0 radical (unpaired) electrons. The van der Waals surface area contributed by atoms with Gasteiger partial charge in [0.15, 0.2) is 10.9 Å². The Labute approximate surface area is 162 Å². The van der Waals surface area contributed by atoms with Gasteiger partial charge in [-0.05, 0) is 35.0 Å². The van der Waals surface area contributed by atoms with Crippen LogP contribution in [0.1, 0.15) is 9.67 Å². The van der Waals surface area contributed by atoms with E-state index in [9.17, 15) is 9.59 Å².